The number of carbonyl (C=O) groups is 1. The lowest BCUT2D eigenvalue weighted by atomic mass is 9.85. The van der Waals surface area contributed by atoms with Crippen molar-refractivity contribution in [3.63, 3.8) is 0 Å². The van der Waals surface area contributed by atoms with Gasteiger partial charge in [0.2, 0.25) is 0 Å². The number of hydrogen-bond donors (Lipinski definition) is 0. The number of halogens is 3. The number of allylic oxidation sites excluding steroid dienone is 2. The van der Waals surface area contributed by atoms with Crippen molar-refractivity contribution in [2.45, 2.75) is 39.0 Å². The van der Waals surface area contributed by atoms with Crippen LogP contribution in [-0.2, 0) is 14.3 Å². The first kappa shape index (κ1) is 16.0. The number of alkyl halides is 3. The van der Waals surface area contributed by atoms with Crippen LogP contribution in [0.4, 0.5) is 13.2 Å². The summed E-state index contributed by atoms with van der Waals surface area (Å²) in [5.74, 6) is -0.112. The standard InChI is InChI=1S/C13H19F3O3/c1-9-5-3-4-6-11(9)7-18-12(17)10(2)19-8-13(14,15)16/h3-4,9-11H,5-8H2,1-2H3. The molecule has 0 N–H and O–H groups in total. The molecule has 3 unspecified atom stereocenters. The number of rotatable bonds is 5. The summed E-state index contributed by atoms with van der Waals surface area (Å²) in [4.78, 5) is 11.5. The van der Waals surface area contributed by atoms with Crippen LogP contribution in [-0.4, -0.2) is 31.5 Å². The van der Waals surface area contributed by atoms with Crippen molar-refractivity contribution in [1.82, 2.24) is 0 Å². The summed E-state index contributed by atoms with van der Waals surface area (Å²) in [6.45, 7) is 2.11. The largest absolute Gasteiger partial charge is 0.463 e. The molecular weight excluding hydrogens is 261 g/mol. The zero-order valence-electron chi connectivity index (χ0n) is 11.1. The van der Waals surface area contributed by atoms with Crippen LogP contribution in [0.2, 0.25) is 0 Å². The molecule has 0 aliphatic heterocycles. The van der Waals surface area contributed by atoms with E-state index in [0.717, 1.165) is 12.8 Å². The molecule has 3 atom stereocenters. The number of hydrogen-bond acceptors (Lipinski definition) is 3. The lowest BCUT2D eigenvalue weighted by molar-refractivity contribution is -0.193. The SMILES string of the molecule is CC(OCC(F)(F)F)C(=O)OCC1CC=CCC1C. The van der Waals surface area contributed by atoms with Gasteiger partial charge in [-0.05, 0) is 31.6 Å². The van der Waals surface area contributed by atoms with Crippen molar-refractivity contribution in [3.8, 4) is 0 Å². The van der Waals surface area contributed by atoms with E-state index in [4.69, 9.17) is 4.74 Å². The van der Waals surface area contributed by atoms with E-state index < -0.39 is 24.9 Å². The Morgan fingerprint density at radius 2 is 2.00 bits per heavy atom. The molecule has 0 bridgehead atoms. The predicted molar refractivity (Wildman–Crippen MR) is 63.5 cm³/mol. The molecule has 0 saturated heterocycles. The maximum absolute atomic E-state index is 11.9. The molecule has 0 heterocycles. The molecule has 6 heteroatoms. The fourth-order valence-corrected chi connectivity index (χ4v) is 1.83. The zero-order valence-corrected chi connectivity index (χ0v) is 11.1. The van der Waals surface area contributed by atoms with Crippen molar-refractivity contribution in [2.24, 2.45) is 11.8 Å². The molecule has 0 aromatic heterocycles. The monoisotopic (exact) mass is 280 g/mol. The normalized spacial score (nSPS) is 25.1. The first-order chi connectivity index (χ1) is 8.79. The highest BCUT2D eigenvalue weighted by Crippen LogP contribution is 2.25. The summed E-state index contributed by atoms with van der Waals surface area (Å²) in [6, 6.07) is 0. The Morgan fingerprint density at radius 3 is 2.58 bits per heavy atom. The van der Waals surface area contributed by atoms with Gasteiger partial charge in [0, 0.05) is 0 Å². The lowest BCUT2D eigenvalue weighted by Crippen LogP contribution is -2.30. The van der Waals surface area contributed by atoms with E-state index in [9.17, 15) is 18.0 Å². The van der Waals surface area contributed by atoms with E-state index in [-0.39, 0.29) is 12.5 Å². The second kappa shape index (κ2) is 6.93. The summed E-state index contributed by atoms with van der Waals surface area (Å²) in [5, 5.41) is 0. The Morgan fingerprint density at radius 1 is 1.37 bits per heavy atom. The minimum atomic E-state index is -4.43. The molecule has 0 aromatic rings. The predicted octanol–water partition coefficient (Wildman–Crippen LogP) is 3.10. The Bertz CT molecular complexity index is 326. The van der Waals surface area contributed by atoms with Crippen LogP contribution in [0.25, 0.3) is 0 Å². The molecule has 19 heavy (non-hydrogen) atoms. The number of ether oxygens (including phenoxy) is 2. The molecule has 110 valence electrons. The van der Waals surface area contributed by atoms with E-state index >= 15 is 0 Å². The van der Waals surface area contributed by atoms with Crippen molar-refractivity contribution >= 4 is 5.97 Å². The highest BCUT2D eigenvalue weighted by molar-refractivity contribution is 5.74. The lowest BCUT2D eigenvalue weighted by Gasteiger charge is -2.25. The molecule has 3 nitrogen and oxygen atoms in total. The second-order valence-corrected chi connectivity index (χ2v) is 4.88. The number of carbonyl (C=O) groups excluding carboxylic acids is 1. The third-order valence-electron chi connectivity index (χ3n) is 3.19. The van der Waals surface area contributed by atoms with Crippen LogP contribution in [0.5, 0.6) is 0 Å². The fraction of sp³-hybridized carbons (Fsp3) is 0.769. The first-order valence-electron chi connectivity index (χ1n) is 6.29. The van der Waals surface area contributed by atoms with Gasteiger partial charge >= 0.3 is 12.1 Å². The summed E-state index contributed by atoms with van der Waals surface area (Å²) in [6.07, 6.45) is 0.238. The van der Waals surface area contributed by atoms with Gasteiger partial charge in [0.05, 0.1) is 6.61 Å². The topological polar surface area (TPSA) is 35.5 Å². The van der Waals surface area contributed by atoms with Gasteiger partial charge in [-0.25, -0.2) is 4.79 Å². The van der Waals surface area contributed by atoms with E-state index in [1.807, 2.05) is 6.08 Å². The summed E-state index contributed by atoms with van der Waals surface area (Å²) < 4.78 is 45.2. The molecule has 1 aliphatic carbocycles. The van der Waals surface area contributed by atoms with Crippen LogP contribution < -0.4 is 0 Å². The number of esters is 1. The summed E-state index contributed by atoms with van der Waals surface area (Å²) in [5.41, 5.74) is 0. The highest BCUT2D eigenvalue weighted by atomic mass is 19.4. The van der Waals surface area contributed by atoms with Crippen LogP contribution in [0.1, 0.15) is 26.7 Å². The molecule has 0 radical (unpaired) electrons. The molecular formula is C13H19F3O3. The van der Waals surface area contributed by atoms with Crippen LogP contribution in [0.15, 0.2) is 12.2 Å². The van der Waals surface area contributed by atoms with Gasteiger partial charge in [-0.1, -0.05) is 19.1 Å². The van der Waals surface area contributed by atoms with E-state index in [0.29, 0.717) is 5.92 Å². The Labute approximate surface area is 110 Å². The van der Waals surface area contributed by atoms with Crippen molar-refractivity contribution in [3.05, 3.63) is 12.2 Å². The van der Waals surface area contributed by atoms with Crippen molar-refractivity contribution < 1.29 is 27.4 Å². The first-order valence-corrected chi connectivity index (χ1v) is 6.29. The van der Waals surface area contributed by atoms with Crippen LogP contribution in [0, 0.1) is 11.8 Å². The quantitative estimate of drug-likeness (QED) is 0.573. The Hall–Kier alpha value is -1.04. The Balaban J connectivity index is 2.28. The smallest absolute Gasteiger partial charge is 0.411 e. The van der Waals surface area contributed by atoms with Gasteiger partial charge in [0.15, 0.2) is 6.10 Å². The van der Waals surface area contributed by atoms with Crippen molar-refractivity contribution in [1.29, 1.82) is 0 Å². The highest BCUT2D eigenvalue weighted by Gasteiger charge is 2.30. The fourth-order valence-electron chi connectivity index (χ4n) is 1.83. The average molecular weight is 280 g/mol. The van der Waals surface area contributed by atoms with Crippen molar-refractivity contribution in [2.75, 3.05) is 13.2 Å². The third-order valence-corrected chi connectivity index (χ3v) is 3.19. The van der Waals surface area contributed by atoms with Crippen LogP contribution >= 0.6 is 0 Å². The van der Waals surface area contributed by atoms with Crippen LogP contribution in [0.3, 0.4) is 0 Å². The van der Waals surface area contributed by atoms with Gasteiger partial charge in [0.1, 0.15) is 6.61 Å². The van der Waals surface area contributed by atoms with E-state index in [1.54, 1.807) is 0 Å². The van der Waals surface area contributed by atoms with E-state index in [2.05, 4.69) is 17.7 Å². The molecule has 0 fully saturated rings. The maximum Gasteiger partial charge on any atom is 0.411 e. The minimum Gasteiger partial charge on any atom is -0.463 e. The molecule has 1 aliphatic rings. The van der Waals surface area contributed by atoms with Gasteiger partial charge in [-0.15, -0.1) is 0 Å². The maximum atomic E-state index is 11.9. The minimum absolute atomic E-state index is 0.226. The third kappa shape index (κ3) is 6.09. The second-order valence-electron chi connectivity index (χ2n) is 4.88. The van der Waals surface area contributed by atoms with Gasteiger partial charge in [-0.3, -0.25) is 0 Å². The average Bonchev–Trinajstić information content (AvgIpc) is 2.33. The van der Waals surface area contributed by atoms with Gasteiger partial charge < -0.3 is 9.47 Å². The molecule has 0 aromatic carbocycles. The van der Waals surface area contributed by atoms with Gasteiger partial charge in [-0.2, -0.15) is 13.2 Å². The zero-order chi connectivity index (χ0) is 14.5. The Kier molecular flexibility index (Phi) is 5.85. The molecule has 1 rings (SSSR count). The molecule has 0 spiro atoms. The summed E-state index contributed by atoms with van der Waals surface area (Å²) in [7, 11) is 0. The molecule has 0 saturated carbocycles. The molecule has 0 amide bonds. The van der Waals surface area contributed by atoms with E-state index in [1.165, 1.54) is 6.92 Å². The van der Waals surface area contributed by atoms with Gasteiger partial charge in [0.25, 0.3) is 0 Å². The summed E-state index contributed by atoms with van der Waals surface area (Å²) >= 11 is 0.